The van der Waals surface area contributed by atoms with Crippen LogP contribution < -0.4 is 5.32 Å². The van der Waals surface area contributed by atoms with Crippen LogP contribution in [-0.2, 0) is 4.79 Å². The highest BCUT2D eigenvalue weighted by atomic mass is 16.2. The van der Waals surface area contributed by atoms with Crippen LogP contribution >= 0.6 is 0 Å². The van der Waals surface area contributed by atoms with Crippen molar-refractivity contribution >= 4 is 5.91 Å². The lowest BCUT2D eigenvalue weighted by Gasteiger charge is -2.21. The van der Waals surface area contributed by atoms with Gasteiger partial charge in [0.25, 0.3) is 0 Å². The molecule has 3 nitrogen and oxygen atoms in total. The minimum atomic E-state index is 0.0906. The van der Waals surface area contributed by atoms with Crippen LogP contribution in [0.25, 0.3) is 0 Å². The summed E-state index contributed by atoms with van der Waals surface area (Å²) in [5.41, 5.74) is 0. The van der Waals surface area contributed by atoms with Gasteiger partial charge in [0.2, 0.25) is 5.91 Å². The Labute approximate surface area is 105 Å². The fraction of sp³-hybridized carbons (Fsp3) is 0.929. The number of nitrogens with zero attached hydrogens (tertiary/aromatic N) is 1. The number of unbranched alkanes of at least 4 members (excludes halogenated alkanes) is 1. The SMILES string of the molecule is CCCCC1NC(C)N(C2CC2CCC)C1=O. The van der Waals surface area contributed by atoms with Gasteiger partial charge in [0.1, 0.15) is 0 Å². The lowest BCUT2D eigenvalue weighted by Crippen LogP contribution is -2.37. The Morgan fingerprint density at radius 3 is 2.71 bits per heavy atom. The van der Waals surface area contributed by atoms with Crippen molar-refractivity contribution < 1.29 is 4.79 Å². The van der Waals surface area contributed by atoms with Gasteiger partial charge in [-0.3, -0.25) is 10.1 Å². The minimum Gasteiger partial charge on any atom is -0.323 e. The molecular formula is C14H26N2O. The highest BCUT2D eigenvalue weighted by molar-refractivity contribution is 5.84. The first kappa shape index (κ1) is 12.9. The van der Waals surface area contributed by atoms with Gasteiger partial charge in [-0.1, -0.05) is 33.1 Å². The molecule has 0 aromatic heterocycles. The molecule has 2 fully saturated rings. The topological polar surface area (TPSA) is 32.3 Å². The number of carbonyl (C=O) groups is 1. The Morgan fingerprint density at radius 1 is 1.29 bits per heavy atom. The van der Waals surface area contributed by atoms with Crippen LogP contribution in [0.4, 0.5) is 0 Å². The average molecular weight is 238 g/mol. The van der Waals surface area contributed by atoms with Crippen molar-refractivity contribution in [3.63, 3.8) is 0 Å². The van der Waals surface area contributed by atoms with E-state index in [1.54, 1.807) is 0 Å². The van der Waals surface area contributed by atoms with Crippen molar-refractivity contribution in [1.29, 1.82) is 0 Å². The van der Waals surface area contributed by atoms with Crippen molar-refractivity contribution in [2.45, 2.75) is 77.5 Å². The highest BCUT2D eigenvalue weighted by Gasteiger charge is 2.49. The van der Waals surface area contributed by atoms with Crippen molar-refractivity contribution in [2.75, 3.05) is 0 Å². The number of carbonyl (C=O) groups excluding carboxylic acids is 1. The van der Waals surface area contributed by atoms with Gasteiger partial charge in [0.05, 0.1) is 12.2 Å². The second-order valence-electron chi connectivity index (χ2n) is 5.63. The van der Waals surface area contributed by atoms with E-state index in [0.29, 0.717) is 11.9 Å². The first-order valence-corrected chi connectivity index (χ1v) is 7.27. The monoisotopic (exact) mass is 238 g/mol. The van der Waals surface area contributed by atoms with E-state index < -0.39 is 0 Å². The molecule has 4 unspecified atom stereocenters. The summed E-state index contributed by atoms with van der Waals surface area (Å²) >= 11 is 0. The van der Waals surface area contributed by atoms with Gasteiger partial charge in [-0.2, -0.15) is 0 Å². The molecule has 0 aromatic rings. The van der Waals surface area contributed by atoms with E-state index >= 15 is 0 Å². The van der Waals surface area contributed by atoms with E-state index in [9.17, 15) is 4.79 Å². The third kappa shape index (κ3) is 2.65. The quantitative estimate of drug-likeness (QED) is 0.771. The molecule has 17 heavy (non-hydrogen) atoms. The lowest BCUT2D eigenvalue weighted by molar-refractivity contribution is -0.130. The summed E-state index contributed by atoms with van der Waals surface area (Å²) in [6.07, 6.45) is 7.31. The van der Waals surface area contributed by atoms with Crippen LogP contribution in [-0.4, -0.2) is 29.1 Å². The molecule has 1 aliphatic carbocycles. The Bertz CT molecular complexity index is 279. The van der Waals surface area contributed by atoms with Crippen LogP contribution in [0.3, 0.4) is 0 Å². The average Bonchev–Trinajstić information content (AvgIpc) is 2.97. The molecule has 0 bridgehead atoms. The maximum absolute atomic E-state index is 12.3. The Kier molecular flexibility index (Phi) is 4.08. The fourth-order valence-electron chi connectivity index (χ4n) is 3.13. The predicted octanol–water partition coefficient (Wildman–Crippen LogP) is 2.51. The van der Waals surface area contributed by atoms with E-state index in [1.807, 2.05) is 0 Å². The van der Waals surface area contributed by atoms with E-state index in [2.05, 4.69) is 31.0 Å². The smallest absolute Gasteiger partial charge is 0.241 e. The molecule has 0 aromatic carbocycles. The van der Waals surface area contributed by atoms with Gasteiger partial charge in [-0.15, -0.1) is 0 Å². The van der Waals surface area contributed by atoms with E-state index in [0.717, 1.165) is 18.8 Å². The molecule has 1 saturated heterocycles. The largest absolute Gasteiger partial charge is 0.323 e. The molecule has 4 atom stereocenters. The van der Waals surface area contributed by atoms with Crippen molar-refractivity contribution in [2.24, 2.45) is 5.92 Å². The number of hydrogen-bond donors (Lipinski definition) is 1. The van der Waals surface area contributed by atoms with Gasteiger partial charge < -0.3 is 4.90 Å². The Morgan fingerprint density at radius 2 is 2.06 bits per heavy atom. The molecular weight excluding hydrogens is 212 g/mol. The Balaban J connectivity index is 1.89. The Hall–Kier alpha value is -0.570. The third-order valence-corrected chi connectivity index (χ3v) is 4.16. The van der Waals surface area contributed by atoms with Crippen molar-refractivity contribution in [3.05, 3.63) is 0 Å². The zero-order valence-corrected chi connectivity index (χ0v) is 11.4. The summed E-state index contributed by atoms with van der Waals surface area (Å²) in [4.78, 5) is 14.4. The predicted molar refractivity (Wildman–Crippen MR) is 69.6 cm³/mol. The number of amides is 1. The molecule has 98 valence electrons. The lowest BCUT2D eigenvalue weighted by atomic mass is 10.1. The van der Waals surface area contributed by atoms with E-state index in [4.69, 9.17) is 0 Å². The van der Waals surface area contributed by atoms with Gasteiger partial charge in [0, 0.05) is 6.04 Å². The zero-order chi connectivity index (χ0) is 12.4. The zero-order valence-electron chi connectivity index (χ0n) is 11.4. The molecule has 3 heteroatoms. The summed E-state index contributed by atoms with van der Waals surface area (Å²) in [6, 6.07) is 0.629. The van der Waals surface area contributed by atoms with E-state index in [1.165, 1.54) is 25.7 Å². The summed E-state index contributed by atoms with van der Waals surface area (Å²) in [7, 11) is 0. The van der Waals surface area contributed by atoms with Crippen LogP contribution in [0.2, 0.25) is 0 Å². The highest BCUT2D eigenvalue weighted by Crippen LogP contribution is 2.41. The maximum atomic E-state index is 12.3. The number of hydrogen-bond acceptors (Lipinski definition) is 2. The summed E-state index contributed by atoms with van der Waals surface area (Å²) in [5.74, 6) is 1.13. The summed E-state index contributed by atoms with van der Waals surface area (Å²) in [6.45, 7) is 6.54. The van der Waals surface area contributed by atoms with Crippen LogP contribution in [0.1, 0.15) is 59.3 Å². The fourth-order valence-corrected chi connectivity index (χ4v) is 3.13. The number of rotatable bonds is 6. The van der Waals surface area contributed by atoms with Crippen LogP contribution in [0.15, 0.2) is 0 Å². The van der Waals surface area contributed by atoms with Crippen LogP contribution in [0.5, 0.6) is 0 Å². The molecule has 2 aliphatic rings. The van der Waals surface area contributed by atoms with Gasteiger partial charge in [-0.25, -0.2) is 0 Å². The molecule has 2 rings (SSSR count). The minimum absolute atomic E-state index is 0.0906. The third-order valence-electron chi connectivity index (χ3n) is 4.16. The second kappa shape index (κ2) is 5.38. The molecule has 0 spiro atoms. The number of nitrogens with one attached hydrogen (secondary N) is 1. The molecule has 1 aliphatic heterocycles. The normalized spacial score (nSPS) is 36.6. The molecule has 1 saturated carbocycles. The maximum Gasteiger partial charge on any atom is 0.241 e. The van der Waals surface area contributed by atoms with Gasteiger partial charge in [-0.05, 0) is 32.1 Å². The first-order chi connectivity index (χ1) is 8.19. The van der Waals surface area contributed by atoms with Crippen molar-refractivity contribution in [1.82, 2.24) is 10.2 Å². The molecule has 0 radical (unpaired) electrons. The summed E-state index contributed by atoms with van der Waals surface area (Å²) in [5, 5.41) is 3.45. The summed E-state index contributed by atoms with van der Waals surface area (Å²) < 4.78 is 0. The van der Waals surface area contributed by atoms with Crippen molar-refractivity contribution in [3.8, 4) is 0 Å². The molecule has 1 heterocycles. The molecule has 1 amide bonds. The van der Waals surface area contributed by atoms with E-state index in [-0.39, 0.29) is 12.2 Å². The van der Waals surface area contributed by atoms with Gasteiger partial charge in [0.15, 0.2) is 0 Å². The van der Waals surface area contributed by atoms with Gasteiger partial charge >= 0.3 is 0 Å². The van der Waals surface area contributed by atoms with Crippen LogP contribution in [0, 0.1) is 5.92 Å². The molecule has 1 N–H and O–H groups in total. The second-order valence-corrected chi connectivity index (χ2v) is 5.63. The first-order valence-electron chi connectivity index (χ1n) is 7.27. The standard InChI is InChI=1S/C14H26N2O/c1-4-6-8-12-14(17)16(10(3)15-12)13-9-11(13)7-5-2/h10-13,15H,4-9H2,1-3H3.